The van der Waals surface area contributed by atoms with Gasteiger partial charge >= 0.3 is 0 Å². The zero-order valence-electron chi connectivity index (χ0n) is 14.7. The van der Waals surface area contributed by atoms with Crippen LogP contribution < -0.4 is 10.6 Å². The van der Waals surface area contributed by atoms with Crippen molar-refractivity contribution in [3.8, 4) is 0 Å². The number of morpholine rings is 1. The van der Waals surface area contributed by atoms with Gasteiger partial charge < -0.3 is 20.3 Å². The minimum atomic E-state index is -0.280. The molecule has 136 valence electrons. The second kappa shape index (κ2) is 7.92. The summed E-state index contributed by atoms with van der Waals surface area (Å²) in [7, 11) is 1.81. The molecule has 1 aliphatic rings. The summed E-state index contributed by atoms with van der Waals surface area (Å²) >= 11 is 0. The molecule has 0 saturated carbocycles. The maximum absolute atomic E-state index is 12.8. The number of carbonyl (C=O) groups excluding carboxylic acids is 2. The second-order valence-corrected chi connectivity index (χ2v) is 5.92. The molecule has 1 unspecified atom stereocenters. The molecule has 3 rings (SSSR count). The van der Waals surface area contributed by atoms with Gasteiger partial charge in [-0.1, -0.05) is 6.07 Å². The number of nitrogens with zero attached hydrogens (tertiary/aromatic N) is 3. The highest BCUT2D eigenvalue weighted by Crippen LogP contribution is 2.23. The number of hydrogen-bond donors (Lipinski definition) is 2. The number of hydrogen-bond acceptors (Lipinski definition) is 6. The fourth-order valence-corrected chi connectivity index (χ4v) is 2.78. The van der Waals surface area contributed by atoms with Gasteiger partial charge in [0, 0.05) is 32.3 Å². The van der Waals surface area contributed by atoms with Crippen LogP contribution in [0.3, 0.4) is 0 Å². The van der Waals surface area contributed by atoms with Crippen molar-refractivity contribution in [2.75, 3.05) is 37.4 Å². The van der Waals surface area contributed by atoms with Gasteiger partial charge in [-0.3, -0.25) is 9.59 Å². The molecule has 0 aromatic carbocycles. The predicted octanol–water partition coefficient (Wildman–Crippen LogP) is 1.69. The van der Waals surface area contributed by atoms with Crippen LogP contribution in [0.5, 0.6) is 0 Å². The van der Waals surface area contributed by atoms with Crippen LogP contribution in [-0.4, -0.2) is 53.4 Å². The predicted molar refractivity (Wildman–Crippen MR) is 96.9 cm³/mol. The zero-order chi connectivity index (χ0) is 18.5. The molecule has 0 radical (unpaired) electrons. The van der Waals surface area contributed by atoms with E-state index in [-0.39, 0.29) is 17.9 Å². The largest absolute Gasteiger partial charge is 0.373 e. The highest BCUT2D eigenvalue weighted by molar-refractivity contribution is 5.96. The number of pyridine rings is 2. The van der Waals surface area contributed by atoms with E-state index >= 15 is 0 Å². The van der Waals surface area contributed by atoms with Gasteiger partial charge in [-0.15, -0.1) is 0 Å². The number of rotatable bonds is 4. The molecule has 2 aromatic heterocycles. The van der Waals surface area contributed by atoms with E-state index in [4.69, 9.17) is 4.74 Å². The van der Waals surface area contributed by atoms with Crippen LogP contribution in [0.25, 0.3) is 0 Å². The van der Waals surface area contributed by atoms with E-state index in [0.717, 1.165) is 11.5 Å². The van der Waals surface area contributed by atoms with Crippen LogP contribution in [0, 0.1) is 0 Å². The summed E-state index contributed by atoms with van der Waals surface area (Å²) in [5.74, 6) is 0.751. The van der Waals surface area contributed by atoms with Crippen molar-refractivity contribution >= 4 is 23.5 Å². The minimum absolute atomic E-state index is 0.128. The molecule has 26 heavy (non-hydrogen) atoms. The van der Waals surface area contributed by atoms with Crippen LogP contribution in [0.2, 0.25) is 0 Å². The maximum atomic E-state index is 12.8. The fraction of sp³-hybridized carbons (Fsp3) is 0.333. The summed E-state index contributed by atoms with van der Waals surface area (Å²) in [6.07, 6.45) is 1.23. The SMILES string of the molecule is CNc1cccc(C2CN(C(=O)c3ccnc(NC(C)=O)c3)CCO2)n1. The van der Waals surface area contributed by atoms with Crippen molar-refractivity contribution in [2.45, 2.75) is 13.0 Å². The Labute approximate surface area is 151 Å². The molecule has 2 N–H and O–H groups in total. The molecule has 3 heterocycles. The molecular weight excluding hydrogens is 334 g/mol. The third-order valence-electron chi connectivity index (χ3n) is 4.02. The summed E-state index contributed by atoms with van der Waals surface area (Å²) in [5.41, 5.74) is 1.25. The first kappa shape index (κ1) is 17.8. The van der Waals surface area contributed by atoms with Gasteiger partial charge in [0.2, 0.25) is 5.91 Å². The summed E-state index contributed by atoms with van der Waals surface area (Å²) in [5, 5.41) is 5.59. The normalized spacial score (nSPS) is 16.8. The lowest BCUT2D eigenvalue weighted by atomic mass is 10.1. The molecular formula is C18H21N5O3. The molecule has 0 bridgehead atoms. The number of carbonyl (C=O) groups is 2. The van der Waals surface area contributed by atoms with Gasteiger partial charge in [0.1, 0.15) is 17.7 Å². The van der Waals surface area contributed by atoms with Crippen molar-refractivity contribution in [3.05, 3.63) is 47.8 Å². The summed E-state index contributed by atoms with van der Waals surface area (Å²) in [4.78, 5) is 34.3. The zero-order valence-corrected chi connectivity index (χ0v) is 14.7. The molecule has 2 aromatic rings. The summed E-state index contributed by atoms with van der Waals surface area (Å²) in [6.45, 7) is 2.75. The number of aromatic nitrogens is 2. The number of ether oxygens (including phenoxy) is 1. The van der Waals surface area contributed by atoms with Crippen LogP contribution in [-0.2, 0) is 9.53 Å². The standard InChI is InChI=1S/C18H21N5O3/c1-12(24)21-17-10-13(6-7-20-17)18(25)23-8-9-26-15(11-23)14-4-3-5-16(19-2)22-14/h3-7,10,15H,8-9,11H2,1-2H3,(H,19,22)(H,20,21,24). The van der Waals surface area contributed by atoms with Crippen molar-refractivity contribution in [1.29, 1.82) is 0 Å². The topological polar surface area (TPSA) is 96.5 Å². The summed E-state index contributed by atoms with van der Waals surface area (Å²) in [6, 6.07) is 8.88. The summed E-state index contributed by atoms with van der Waals surface area (Å²) < 4.78 is 5.80. The number of amides is 2. The van der Waals surface area contributed by atoms with Crippen LogP contribution in [0.4, 0.5) is 11.6 Å². The lowest BCUT2D eigenvalue weighted by Crippen LogP contribution is -2.42. The molecule has 1 saturated heterocycles. The van der Waals surface area contributed by atoms with Crippen LogP contribution >= 0.6 is 0 Å². The first-order valence-corrected chi connectivity index (χ1v) is 8.36. The van der Waals surface area contributed by atoms with Gasteiger partial charge in [0.05, 0.1) is 18.8 Å². The molecule has 2 amide bonds. The van der Waals surface area contributed by atoms with E-state index in [1.165, 1.54) is 13.1 Å². The molecule has 0 spiro atoms. The van der Waals surface area contributed by atoms with Gasteiger partial charge in [0.15, 0.2) is 0 Å². The Morgan fingerprint density at radius 3 is 2.88 bits per heavy atom. The Kier molecular flexibility index (Phi) is 5.43. The maximum Gasteiger partial charge on any atom is 0.254 e. The molecule has 8 nitrogen and oxygen atoms in total. The van der Waals surface area contributed by atoms with Gasteiger partial charge in [-0.05, 0) is 24.3 Å². The average molecular weight is 355 g/mol. The Morgan fingerprint density at radius 1 is 1.27 bits per heavy atom. The van der Waals surface area contributed by atoms with Gasteiger partial charge in [-0.25, -0.2) is 9.97 Å². The smallest absolute Gasteiger partial charge is 0.254 e. The lowest BCUT2D eigenvalue weighted by molar-refractivity contribution is -0.114. The highest BCUT2D eigenvalue weighted by atomic mass is 16.5. The first-order chi connectivity index (χ1) is 12.6. The monoisotopic (exact) mass is 355 g/mol. The van der Waals surface area contributed by atoms with Crippen molar-refractivity contribution in [2.24, 2.45) is 0 Å². The fourth-order valence-electron chi connectivity index (χ4n) is 2.78. The van der Waals surface area contributed by atoms with E-state index in [0.29, 0.717) is 31.1 Å². The minimum Gasteiger partial charge on any atom is -0.373 e. The van der Waals surface area contributed by atoms with Gasteiger partial charge in [0.25, 0.3) is 5.91 Å². The Hall–Kier alpha value is -3.00. The van der Waals surface area contributed by atoms with E-state index in [9.17, 15) is 9.59 Å². The molecule has 8 heteroatoms. The Morgan fingerprint density at radius 2 is 2.12 bits per heavy atom. The molecule has 1 aliphatic heterocycles. The Balaban J connectivity index is 1.74. The van der Waals surface area contributed by atoms with Gasteiger partial charge in [-0.2, -0.15) is 0 Å². The average Bonchev–Trinajstić information content (AvgIpc) is 2.67. The molecule has 0 aliphatic carbocycles. The second-order valence-electron chi connectivity index (χ2n) is 5.92. The first-order valence-electron chi connectivity index (χ1n) is 8.36. The third kappa shape index (κ3) is 4.15. The molecule has 1 atom stereocenters. The highest BCUT2D eigenvalue weighted by Gasteiger charge is 2.27. The van der Waals surface area contributed by atoms with Crippen molar-refractivity contribution in [1.82, 2.24) is 14.9 Å². The van der Waals surface area contributed by atoms with Crippen LogP contribution in [0.1, 0.15) is 29.1 Å². The van der Waals surface area contributed by atoms with E-state index < -0.39 is 0 Å². The number of nitrogens with one attached hydrogen (secondary N) is 2. The third-order valence-corrected chi connectivity index (χ3v) is 4.02. The van der Waals surface area contributed by atoms with Crippen molar-refractivity contribution in [3.63, 3.8) is 0 Å². The lowest BCUT2D eigenvalue weighted by Gasteiger charge is -2.32. The van der Waals surface area contributed by atoms with E-state index in [2.05, 4.69) is 20.6 Å². The van der Waals surface area contributed by atoms with E-state index in [1.807, 2.05) is 18.2 Å². The van der Waals surface area contributed by atoms with Crippen LogP contribution in [0.15, 0.2) is 36.5 Å². The van der Waals surface area contributed by atoms with Crippen molar-refractivity contribution < 1.29 is 14.3 Å². The number of anilines is 2. The Bertz CT molecular complexity index is 811. The quantitative estimate of drug-likeness (QED) is 0.866. The van der Waals surface area contributed by atoms with E-state index in [1.54, 1.807) is 24.1 Å². The molecule has 1 fully saturated rings.